The van der Waals surface area contributed by atoms with Gasteiger partial charge >= 0.3 is 0 Å². The van der Waals surface area contributed by atoms with Gasteiger partial charge in [0.1, 0.15) is 12.4 Å². The fourth-order valence-electron chi connectivity index (χ4n) is 2.65. The number of likely N-dealkylation sites (tertiary alicyclic amines) is 1. The van der Waals surface area contributed by atoms with Crippen molar-refractivity contribution in [2.75, 3.05) is 13.1 Å². The van der Waals surface area contributed by atoms with Crippen LogP contribution in [0.4, 0.5) is 0 Å². The molecule has 2 N–H and O–H groups in total. The van der Waals surface area contributed by atoms with Gasteiger partial charge in [0.25, 0.3) is 5.91 Å². The summed E-state index contributed by atoms with van der Waals surface area (Å²) in [6.45, 7) is 1.80. The minimum Gasteiger partial charge on any atom is -0.489 e. The van der Waals surface area contributed by atoms with Gasteiger partial charge in [0.2, 0.25) is 0 Å². The monoisotopic (exact) mass is 410 g/mol. The highest BCUT2D eigenvalue weighted by atomic mass is 79.9. The third-order valence-electron chi connectivity index (χ3n) is 3.95. The van der Waals surface area contributed by atoms with Crippen molar-refractivity contribution in [2.45, 2.75) is 19.1 Å². The first kappa shape index (κ1) is 18.8. The highest BCUT2D eigenvalue weighted by molar-refractivity contribution is 9.10. The minimum atomic E-state index is 0. The van der Waals surface area contributed by atoms with Gasteiger partial charge in [-0.3, -0.25) is 4.79 Å². The second-order valence-corrected chi connectivity index (χ2v) is 6.56. The van der Waals surface area contributed by atoms with E-state index < -0.39 is 0 Å². The van der Waals surface area contributed by atoms with Gasteiger partial charge in [0.05, 0.1) is 0 Å². The largest absolute Gasteiger partial charge is 0.489 e. The van der Waals surface area contributed by atoms with Gasteiger partial charge in [0, 0.05) is 34.7 Å². The molecule has 6 heteroatoms. The molecule has 3 rings (SSSR count). The maximum Gasteiger partial charge on any atom is 0.254 e. The molecule has 0 bridgehead atoms. The van der Waals surface area contributed by atoms with Crippen LogP contribution in [0.2, 0.25) is 0 Å². The van der Waals surface area contributed by atoms with Crippen LogP contribution in [0.5, 0.6) is 5.75 Å². The lowest BCUT2D eigenvalue weighted by Crippen LogP contribution is -2.31. The molecule has 1 aliphatic rings. The Bertz CT molecular complexity index is 711. The second-order valence-electron chi connectivity index (χ2n) is 5.71. The Balaban J connectivity index is 0.00000208. The molecule has 1 aliphatic heterocycles. The van der Waals surface area contributed by atoms with Crippen molar-refractivity contribution in [2.24, 2.45) is 5.73 Å². The van der Waals surface area contributed by atoms with Crippen LogP contribution in [0.3, 0.4) is 0 Å². The Morgan fingerprint density at radius 3 is 2.75 bits per heavy atom. The lowest BCUT2D eigenvalue weighted by molar-refractivity contribution is 0.0790. The molecule has 1 fully saturated rings. The number of hydrogen-bond donors (Lipinski definition) is 1. The van der Waals surface area contributed by atoms with Crippen LogP contribution in [-0.2, 0) is 6.61 Å². The molecule has 0 aromatic heterocycles. The third kappa shape index (κ3) is 4.50. The Morgan fingerprint density at radius 1 is 1.25 bits per heavy atom. The van der Waals surface area contributed by atoms with Crippen molar-refractivity contribution in [1.82, 2.24) is 4.90 Å². The number of halogens is 2. The van der Waals surface area contributed by atoms with Crippen molar-refractivity contribution in [3.63, 3.8) is 0 Å². The summed E-state index contributed by atoms with van der Waals surface area (Å²) in [6.07, 6.45) is 0.865. The summed E-state index contributed by atoms with van der Waals surface area (Å²) in [5.74, 6) is 0.708. The van der Waals surface area contributed by atoms with E-state index in [0.717, 1.165) is 23.0 Å². The molecular weight excluding hydrogens is 392 g/mol. The number of nitrogens with two attached hydrogens (primary N) is 1. The van der Waals surface area contributed by atoms with Gasteiger partial charge < -0.3 is 15.4 Å². The molecule has 0 saturated carbocycles. The highest BCUT2D eigenvalue weighted by Gasteiger charge is 2.24. The molecule has 2 aromatic carbocycles. The summed E-state index contributed by atoms with van der Waals surface area (Å²) >= 11 is 3.51. The molecule has 24 heavy (non-hydrogen) atoms. The smallest absolute Gasteiger partial charge is 0.254 e. The van der Waals surface area contributed by atoms with E-state index >= 15 is 0 Å². The normalized spacial score (nSPS) is 16.6. The molecule has 128 valence electrons. The molecule has 1 atom stereocenters. The van der Waals surface area contributed by atoms with Crippen LogP contribution >= 0.6 is 28.3 Å². The van der Waals surface area contributed by atoms with E-state index in [1.807, 2.05) is 42.5 Å². The van der Waals surface area contributed by atoms with Gasteiger partial charge in [-0.15, -0.1) is 12.4 Å². The first-order valence-corrected chi connectivity index (χ1v) is 8.44. The average Bonchev–Trinajstić information content (AvgIpc) is 3.00. The van der Waals surface area contributed by atoms with Crippen LogP contribution in [0, 0.1) is 0 Å². The zero-order valence-electron chi connectivity index (χ0n) is 13.2. The van der Waals surface area contributed by atoms with E-state index in [9.17, 15) is 4.79 Å². The molecule has 1 saturated heterocycles. The summed E-state index contributed by atoms with van der Waals surface area (Å²) in [7, 11) is 0. The molecule has 4 nitrogen and oxygen atoms in total. The second kappa shape index (κ2) is 8.51. The molecule has 1 amide bonds. The van der Waals surface area contributed by atoms with E-state index in [4.69, 9.17) is 10.5 Å². The average molecular weight is 412 g/mol. The van der Waals surface area contributed by atoms with Crippen LogP contribution < -0.4 is 10.5 Å². The Hall–Kier alpha value is -1.56. The minimum absolute atomic E-state index is 0. The van der Waals surface area contributed by atoms with Crippen molar-refractivity contribution in [1.29, 1.82) is 0 Å². The number of rotatable bonds is 4. The zero-order valence-corrected chi connectivity index (χ0v) is 15.6. The molecule has 0 spiro atoms. The Labute approximate surface area is 156 Å². The number of carbonyl (C=O) groups excluding carboxylic acids is 1. The van der Waals surface area contributed by atoms with E-state index in [1.165, 1.54) is 0 Å². The highest BCUT2D eigenvalue weighted by Crippen LogP contribution is 2.21. The van der Waals surface area contributed by atoms with Crippen molar-refractivity contribution >= 4 is 34.2 Å². The zero-order chi connectivity index (χ0) is 16.2. The maximum absolute atomic E-state index is 12.5. The van der Waals surface area contributed by atoms with Crippen molar-refractivity contribution in [3.8, 4) is 5.75 Å². The summed E-state index contributed by atoms with van der Waals surface area (Å²) in [6, 6.07) is 15.3. The van der Waals surface area contributed by atoms with Crippen molar-refractivity contribution < 1.29 is 9.53 Å². The van der Waals surface area contributed by atoms with E-state index in [-0.39, 0.29) is 24.4 Å². The molecule has 1 heterocycles. The van der Waals surface area contributed by atoms with E-state index in [0.29, 0.717) is 24.5 Å². The number of ether oxygens (including phenoxy) is 1. The fourth-order valence-corrected chi connectivity index (χ4v) is 3.05. The van der Waals surface area contributed by atoms with Gasteiger partial charge in [0.15, 0.2) is 0 Å². The van der Waals surface area contributed by atoms with Gasteiger partial charge in [-0.05, 0) is 30.7 Å². The summed E-state index contributed by atoms with van der Waals surface area (Å²) < 4.78 is 6.83. The van der Waals surface area contributed by atoms with E-state index in [1.54, 1.807) is 11.0 Å². The van der Waals surface area contributed by atoms with E-state index in [2.05, 4.69) is 15.9 Å². The van der Waals surface area contributed by atoms with Gasteiger partial charge in [-0.1, -0.05) is 40.2 Å². The van der Waals surface area contributed by atoms with Gasteiger partial charge in [-0.2, -0.15) is 0 Å². The number of carbonyl (C=O) groups is 1. The lowest BCUT2D eigenvalue weighted by Gasteiger charge is -2.16. The number of benzene rings is 2. The first-order valence-electron chi connectivity index (χ1n) is 7.64. The predicted octanol–water partition coefficient (Wildman–Crippen LogP) is 3.62. The van der Waals surface area contributed by atoms with Crippen LogP contribution in [0.15, 0.2) is 53.0 Å². The van der Waals surface area contributed by atoms with Crippen LogP contribution in [0.1, 0.15) is 22.3 Å². The number of hydrogen-bond acceptors (Lipinski definition) is 3. The Morgan fingerprint density at radius 2 is 2.04 bits per heavy atom. The van der Waals surface area contributed by atoms with Crippen LogP contribution in [0.25, 0.3) is 0 Å². The molecule has 2 aromatic rings. The van der Waals surface area contributed by atoms with Crippen molar-refractivity contribution in [3.05, 3.63) is 64.1 Å². The SMILES string of the molecule is Cl.N[C@@H]1CCN(C(=O)c2cccc(OCc3ccccc3Br)c2)C1. The quantitative estimate of drug-likeness (QED) is 0.836. The summed E-state index contributed by atoms with van der Waals surface area (Å²) in [5, 5.41) is 0. The maximum atomic E-state index is 12.5. The molecule has 0 radical (unpaired) electrons. The summed E-state index contributed by atoms with van der Waals surface area (Å²) in [5.41, 5.74) is 7.58. The topological polar surface area (TPSA) is 55.6 Å². The third-order valence-corrected chi connectivity index (χ3v) is 4.72. The fraction of sp³-hybridized carbons (Fsp3) is 0.278. The molecule has 0 aliphatic carbocycles. The van der Waals surface area contributed by atoms with Gasteiger partial charge in [-0.25, -0.2) is 0 Å². The van der Waals surface area contributed by atoms with Crippen LogP contribution in [-0.4, -0.2) is 29.9 Å². The standard InChI is InChI=1S/C18H19BrN2O2.ClH/c19-17-7-2-1-4-14(17)12-23-16-6-3-5-13(10-16)18(22)21-9-8-15(20)11-21;/h1-7,10,15H,8-9,11-12,20H2;1H/t15-;/m1./s1. The number of nitrogens with zero attached hydrogens (tertiary/aromatic N) is 1. The lowest BCUT2D eigenvalue weighted by atomic mass is 10.2. The molecule has 0 unspecified atom stereocenters. The Kier molecular flexibility index (Phi) is 6.66. The first-order chi connectivity index (χ1) is 11.1. The summed E-state index contributed by atoms with van der Waals surface area (Å²) in [4.78, 5) is 14.3. The molecular formula is C18H20BrClN2O2. The predicted molar refractivity (Wildman–Crippen MR) is 101 cm³/mol. The number of amides is 1.